The SMILES string of the molecule is CCOc1cc(/C=C2/N=C(c3ccc(Cl)cc3)OC2=O)ccc1OC(=O)CC. The first-order valence-electron chi connectivity index (χ1n) is 8.76. The van der Waals surface area contributed by atoms with Gasteiger partial charge in [0.15, 0.2) is 17.2 Å². The van der Waals surface area contributed by atoms with Crippen molar-refractivity contribution in [3.05, 3.63) is 64.3 Å². The van der Waals surface area contributed by atoms with E-state index in [1.54, 1.807) is 55.5 Å². The van der Waals surface area contributed by atoms with Gasteiger partial charge in [-0.05, 0) is 55.0 Å². The first-order chi connectivity index (χ1) is 13.5. The Kier molecular flexibility index (Phi) is 6.11. The lowest BCUT2D eigenvalue weighted by Crippen LogP contribution is -2.07. The molecule has 0 N–H and O–H groups in total. The predicted octanol–water partition coefficient (Wildman–Crippen LogP) is 4.40. The van der Waals surface area contributed by atoms with Crippen LogP contribution < -0.4 is 9.47 Å². The normalized spacial score (nSPS) is 14.6. The standard InChI is InChI=1S/C21H18ClNO5/c1-3-19(24)27-17-10-5-13(12-18(17)26-4-2)11-16-21(25)28-20(23-16)14-6-8-15(22)9-7-14/h5-12H,3-4H2,1-2H3/b16-11+. The van der Waals surface area contributed by atoms with Gasteiger partial charge in [0.1, 0.15) is 0 Å². The number of carbonyl (C=O) groups is 2. The van der Waals surface area contributed by atoms with Crippen LogP contribution in [0.5, 0.6) is 11.5 Å². The Bertz CT molecular complexity index is 963. The quantitative estimate of drug-likeness (QED) is 0.409. The number of benzene rings is 2. The van der Waals surface area contributed by atoms with Crippen molar-refractivity contribution in [2.24, 2.45) is 4.99 Å². The van der Waals surface area contributed by atoms with Gasteiger partial charge in [0, 0.05) is 17.0 Å². The van der Waals surface area contributed by atoms with E-state index in [2.05, 4.69) is 4.99 Å². The molecule has 0 unspecified atom stereocenters. The number of ether oxygens (including phenoxy) is 3. The van der Waals surface area contributed by atoms with E-state index in [-0.39, 0.29) is 24.0 Å². The summed E-state index contributed by atoms with van der Waals surface area (Å²) in [5, 5.41) is 0.580. The zero-order valence-electron chi connectivity index (χ0n) is 15.4. The van der Waals surface area contributed by atoms with Crippen molar-refractivity contribution in [1.29, 1.82) is 0 Å². The first-order valence-corrected chi connectivity index (χ1v) is 9.14. The van der Waals surface area contributed by atoms with Crippen molar-refractivity contribution >= 4 is 35.5 Å². The minimum atomic E-state index is -0.551. The minimum Gasteiger partial charge on any atom is -0.490 e. The first kappa shape index (κ1) is 19.6. The van der Waals surface area contributed by atoms with Gasteiger partial charge in [0.25, 0.3) is 0 Å². The van der Waals surface area contributed by atoms with Crippen LogP contribution in [0, 0.1) is 0 Å². The Labute approximate surface area is 167 Å². The minimum absolute atomic E-state index is 0.158. The highest BCUT2D eigenvalue weighted by atomic mass is 35.5. The summed E-state index contributed by atoms with van der Waals surface area (Å²) in [5.41, 5.74) is 1.47. The summed E-state index contributed by atoms with van der Waals surface area (Å²) in [6.07, 6.45) is 1.84. The van der Waals surface area contributed by atoms with Crippen molar-refractivity contribution < 1.29 is 23.8 Å². The number of esters is 2. The molecule has 7 heteroatoms. The Morgan fingerprint density at radius 1 is 1.14 bits per heavy atom. The number of nitrogens with zero attached hydrogens (tertiary/aromatic N) is 1. The molecular formula is C21H18ClNO5. The molecule has 6 nitrogen and oxygen atoms in total. The van der Waals surface area contributed by atoms with Gasteiger partial charge < -0.3 is 14.2 Å². The molecule has 2 aromatic rings. The molecule has 0 spiro atoms. The van der Waals surface area contributed by atoms with Crippen molar-refractivity contribution in [3.8, 4) is 11.5 Å². The summed E-state index contributed by atoms with van der Waals surface area (Å²) in [7, 11) is 0. The number of halogens is 1. The molecule has 1 aliphatic rings. The summed E-state index contributed by atoms with van der Waals surface area (Å²) in [4.78, 5) is 28.0. The largest absolute Gasteiger partial charge is 0.490 e. The van der Waals surface area contributed by atoms with E-state index < -0.39 is 5.97 Å². The van der Waals surface area contributed by atoms with Gasteiger partial charge in [-0.3, -0.25) is 4.79 Å². The fourth-order valence-corrected chi connectivity index (χ4v) is 2.57. The van der Waals surface area contributed by atoms with Crippen molar-refractivity contribution in [3.63, 3.8) is 0 Å². The summed E-state index contributed by atoms with van der Waals surface area (Å²) in [5.74, 6) is 0.0431. The van der Waals surface area contributed by atoms with Crippen molar-refractivity contribution in [2.75, 3.05) is 6.61 Å². The summed E-state index contributed by atoms with van der Waals surface area (Å²) >= 11 is 5.87. The van der Waals surface area contributed by atoms with Gasteiger partial charge in [0.2, 0.25) is 5.90 Å². The topological polar surface area (TPSA) is 74.2 Å². The zero-order chi connectivity index (χ0) is 20.1. The molecule has 0 saturated carbocycles. The van der Waals surface area contributed by atoms with E-state index in [0.717, 1.165) is 0 Å². The van der Waals surface area contributed by atoms with E-state index in [9.17, 15) is 9.59 Å². The zero-order valence-corrected chi connectivity index (χ0v) is 16.2. The number of hydrogen-bond donors (Lipinski definition) is 0. The Morgan fingerprint density at radius 3 is 2.57 bits per heavy atom. The Hall–Kier alpha value is -3.12. The Balaban J connectivity index is 1.89. The molecule has 2 aromatic carbocycles. The molecule has 0 bridgehead atoms. The van der Waals surface area contributed by atoms with E-state index in [1.165, 1.54) is 0 Å². The molecule has 0 fully saturated rings. The molecule has 144 valence electrons. The second kappa shape index (κ2) is 8.71. The summed E-state index contributed by atoms with van der Waals surface area (Å²) in [6.45, 7) is 3.94. The Morgan fingerprint density at radius 2 is 1.89 bits per heavy atom. The van der Waals surface area contributed by atoms with Crippen LogP contribution in [-0.4, -0.2) is 24.4 Å². The highest BCUT2D eigenvalue weighted by molar-refractivity contribution is 6.30. The van der Waals surface area contributed by atoms with Crippen LogP contribution in [0.25, 0.3) is 6.08 Å². The van der Waals surface area contributed by atoms with Crippen LogP contribution in [0.2, 0.25) is 5.02 Å². The van der Waals surface area contributed by atoms with Crippen LogP contribution >= 0.6 is 11.6 Å². The van der Waals surface area contributed by atoms with Crippen LogP contribution in [0.4, 0.5) is 0 Å². The molecule has 0 radical (unpaired) electrons. The van der Waals surface area contributed by atoms with Crippen LogP contribution in [-0.2, 0) is 14.3 Å². The molecule has 0 saturated heterocycles. The van der Waals surface area contributed by atoms with Gasteiger partial charge in [0.05, 0.1) is 6.61 Å². The molecule has 3 rings (SSSR count). The van der Waals surface area contributed by atoms with Crippen LogP contribution in [0.15, 0.2) is 53.2 Å². The smallest absolute Gasteiger partial charge is 0.363 e. The fraction of sp³-hybridized carbons (Fsp3) is 0.190. The van der Waals surface area contributed by atoms with E-state index in [4.69, 9.17) is 25.8 Å². The number of carbonyl (C=O) groups excluding carboxylic acids is 2. The van der Waals surface area contributed by atoms with Gasteiger partial charge in [-0.25, -0.2) is 9.79 Å². The van der Waals surface area contributed by atoms with E-state index >= 15 is 0 Å². The second-order valence-corrected chi connectivity index (χ2v) is 6.25. The number of hydrogen-bond acceptors (Lipinski definition) is 6. The maximum Gasteiger partial charge on any atom is 0.363 e. The molecule has 1 aliphatic heterocycles. The molecule has 0 aromatic heterocycles. The van der Waals surface area contributed by atoms with Crippen molar-refractivity contribution in [2.45, 2.75) is 20.3 Å². The van der Waals surface area contributed by atoms with E-state index in [1.807, 2.05) is 6.92 Å². The highest BCUT2D eigenvalue weighted by Gasteiger charge is 2.24. The van der Waals surface area contributed by atoms with Gasteiger partial charge in [-0.1, -0.05) is 24.6 Å². The van der Waals surface area contributed by atoms with Gasteiger partial charge in [-0.15, -0.1) is 0 Å². The summed E-state index contributed by atoms with van der Waals surface area (Å²) < 4.78 is 16.0. The number of aliphatic imine (C=N–C) groups is 1. The molecule has 28 heavy (non-hydrogen) atoms. The lowest BCUT2D eigenvalue weighted by Gasteiger charge is -2.10. The second-order valence-electron chi connectivity index (χ2n) is 5.81. The lowest BCUT2D eigenvalue weighted by molar-refractivity contribution is -0.134. The average Bonchev–Trinajstić information content (AvgIpc) is 3.05. The maximum atomic E-state index is 12.2. The molecular weight excluding hydrogens is 382 g/mol. The van der Waals surface area contributed by atoms with Gasteiger partial charge >= 0.3 is 11.9 Å². The molecule has 1 heterocycles. The molecule has 0 atom stereocenters. The highest BCUT2D eigenvalue weighted by Crippen LogP contribution is 2.30. The van der Waals surface area contributed by atoms with Gasteiger partial charge in [-0.2, -0.15) is 0 Å². The van der Waals surface area contributed by atoms with Crippen molar-refractivity contribution in [1.82, 2.24) is 0 Å². The number of rotatable bonds is 6. The third kappa shape index (κ3) is 4.58. The lowest BCUT2D eigenvalue weighted by atomic mass is 10.1. The third-order valence-corrected chi connectivity index (χ3v) is 4.05. The number of cyclic esters (lactones) is 1. The summed E-state index contributed by atoms with van der Waals surface area (Å²) in [6, 6.07) is 11.8. The maximum absolute atomic E-state index is 12.2. The predicted molar refractivity (Wildman–Crippen MR) is 106 cm³/mol. The average molecular weight is 400 g/mol. The monoisotopic (exact) mass is 399 g/mol. The fourth-order valence-electron chi connectivity index (χ4n) is 2.44. The van der Waals surface area contributed by atoms with Crippen LogP contribution in [0.3, 0.4) is 0 Å². The third-order valence-electron chi connectivity index (χ3n) is 3.80. The molecule has 0 amide bonds. The molecule has 0 aliphatic carbocycles. The van der Waals surface area contributed by atoms with Crippen LogP contribution in [0.1, 0.15) is 31.4 Å². The van der Waals surface area contributed by atoms with E-state index in [0.29, 0.717) is 34.3 Å².